The Morgan fingerprint density at radius 2 is 1.07 bits per heavy atom. The van der Waals surface area contributed by atoms with E-state index in [4.69, 9.17) is 24.7 Å². The van der Waals surface area contributed by atoms with Gasteiger partial charge < -0.3 is 4.74 Å². The highest BCUT2D eigenvalue weighted by Crippen LogP contribution is 2.63. The molecule has 11 rings (SSSR count). The van der Waals surface area contributed by atoms with Crippen molar-refractivity contribution in [3.8, 4) is 67.7 Å². The molecule has 0 radical (unpaired) electrons. The molecule has 1 spiro atoms. The Labute approximate surface area is 331 Å². The monoisotopic (exact) mass is 732 g/mol. The van der Waals surface area contributed by atoms with Crippen molar-refractivity contribution < 1.29 is 4.74 Å². The van der Waals surface area contributed by atoms with E-state index in [1.54, 1.807) is 0 Å². The number of pyridine rings is 1. The van der Waals surface area contributed by atoms with Crippen molar-refractivity contribution in [3.63, 3.8) is 0 Å². The summed E-state index contributed by atoms with van der Waals surface area (Å²) in [6, 6.07) is 56.2. The van der Waals surface area contributed by atoms with Crippen LogP contribution in [0.3, 0.4) is 0 Å². The molecule has 5 nitrogen and oxygen atoms in total. The van der Waals surface area contributed by atoms with E-state index in [2.05, 4.69) is 172 Å². The van der Waals surface area contributed by atoms with Crippen LogP contribution in [0.25, 0.3) is 66.9 Å². The van der Waals surface area contributed by atoms with Gasteiger partial charge in [0.2, 0.25) is 0 Å². The van der Waals surface area contributed by atoms with Crippen molar-refractivity contribution >= 4 is 10.8 Å². The Bertz CT molecular complexity index is 3040. The van der Waals surface area contributed by atoms with Gasteiger partial charge in [0, 0.05) is 39.7 Å². The Balaban J connectivity index is 1.10. The summed E-state index contributed by atoms with van der Waals surface area (Å²) in [6.45, 7) is 6.15. The van der Waals surface area contributed by atoms with Crippen molar-refractivity contribution in [3.05, 3.63) is 203 Å². The third-order valence-electron chi connectivity index (χ3n) is 11.7. The second-order valence-corrected chi connectivity index (χ2v) is 15.1. The number of fused-ring (bicyclic) bond motifs is 10. The van der Waals surface area contributed by atoms with E-state index in [1.807, 2.05) is 13.1 Å². The quantitative estimate of drug-likeness (QED) is 0.180. The fourth-order valence-corrected chi connectivity index (χ4v) is 9.24. The SMILES string of the molecule is Cc1cnc(C)c(-c2cccc3c2-c2cc(-c4nc(C)nc(-c5ccc(-c6cccc7ccccc67)cc5)n4)ccc2C32c3ccccc3Oc3ccccc32)c1. The molecule has 3 heterocycles. The molecule has 0 unspecified atom stereocenters. The Kier molecular flexibility index (Phi) is 7.35. The van der Waals surface area contributed by atoms with Gasteiger partial charge in [0.05, 0.1) is 5.41 Å². The smallest absolute Gasteiger partial charge is 0.163 e. The zero-order valence-electron chi connectivity index (χ0n) is 31.8. The molecule has 5 heteroatoms. The van der Waals surface area contributed by atoms with E-state index in [1.165, 1.54) is 33.0 Å². The largest absolute Gasteiger partial charge is 0.457 e. The summed E-state index contributed by atoms with van der Waals surface area (Å²) in [6.07, 6.45) is 1.94. The molecule has 9 aromatic rings. The van der Waals surface area contributed by atoms with Crippen LogP contribution in [0, 0.1) is 20.8 Å². The molecular weight excluding hydrogens is 697 g/mol. The second kappa shape index (κ2) is 12.7. The van der Waals surface area contributed by atoms with Crippen molar-refractivity contribution in [1.29, 1.82) is 0 Å². The third kappa shape index (κ3) is 5.02. The lowest BCUT2D eigenvalue weighted by molar-refractivity contribution is 0.436. The van der Waals surface area contributed by atoms with Crippen LogP contribution in [0.1, 0.15) is 39.3 Å². The summed E-state index contributed by atoms with van der Waals surface area (Å²) in [5.41, 5.74) is 15.0. The van der Waals surface area contributed by atoms with E-state index < -0.39 is 5.41 Å². The summed E-state index contributed by atoms with van der Waals surface area (Å²) < 4.78 is 6.62. The number of hydrogen-bond donors (Lipinski definition) is 0. The highest BCUT2D eigenvalue weighted by atomic mass is 16.5. The van der Waals surface area contributed by atoms with Crippen LogP contribution < -0.4 is 4.74 Å². The van der Waals surface area contributed by atoms with E-state index in [9.17, 15) is 0 Å². The van der Waals surface area contributed by atoms with E-state index in [0.717, 1.165) is 67.3 Å². The van der Waals surface area contributed by atoms with Crippen LogP contribution >= 0.6 is 0 Å². The summed E-state index contributed by atoms with van der Waals surface area (Å²) in [7, 11) is 0. The number of benzene rings is 7. The molecule has 1 aliphatic heterocycles. The molecule has 0 fully saturated rings. The lowest BCUT2D eigenvalue weighted by atomic mass is 9.66. The van der Waals surface area contributed by atoms with Gasteiger partial charge in [-0.15, -0.1) is 0 Å². The summed E-state index contributed by atoms with van der Waals surface area (Å²) in [4.78, 5) is 19.7. The molecule has 57 heavy (non-hydrogen) atoms. The maximum absolute atomic E-state index is 6.62. The predicted octanol–water partition coefficient (Wildman–Crippen LogP) is 12.5. The van der Waals surface area contributed by atoms with Crippen molar-refractivity contribution in [2.24, 2.45) is 0 Å². The van der Waals surface area contributed by atoms with Crippen LogP contribution in [-0.4, -0.2) is 19.9 Å². The first kappa shape index (κ1) is 33.1. The van der Waals surface area contributed by atoms with Crippen LogP contribution in [0.15, 0.2) is 164 Å². The van der Waals surface area contributed by atoms with Crippen LogP contribution in [0.4, 0.5) is 0 Å². The first-order valence-electron chi connectivity index (χ1n) is 19.4. The zero-order valence-corrected chi connectivity index (χ0v) is 31.8. The normalized spacial score (nSPS) is 13.1. The van der Waals surface area contributed by atoms with Crippen molar-refractivity contribution in [2.45, 2.75) is 26.2 Å². The Morgan fingerprint density at radius 3 is 1.86 bits per heavy atom. The number of aromatic nitrogens is 4. The van der Waals surface area contributed by atoms with Gasteiger partial charge in [-0.3, -0.25) is 4.98 Å². The number of hydrogen-bond acceptors (Lipinski definition) is 5. The predicted molar refractivity (Wildman–Crippen MR) is 228 cm³/mol. The minimum Gasteiger partial charge on any atom is -0.457 e. The average Bonchev–Trinajstić information content (AvgIpc) is 3.54. The molecule has 1 aliphatic carbocycles. The molecule has 2 aromatic heterocycles. The van der Waals surface area contributed by atoms with Gasteiger partial charge in [-0.05, 0) is 100 Å². The van der Waals surface area contributed by atoms with Crippen molar-refractivity contribution in [2.75, 3.05) is 0 Å². The third-order valence-corrected chi connectivity index (χ3v) is 11.7. The van der Waals surface area contributed by atoms with Crippen LogP contribution in [0.5, 0.6) is 11.5 Å². The second-order valence-electron chi connectivity index (χ2n) is 15.1. The fraction of sp³-hybridized carbons (Fsp3) is 0.0769. The standard InChI is InChI=1S/C52H36N4O/c1-31-28-41(32(2)53-30-31)40-16-11-19-46-49(40)42-29-37(26-27-43(42)52(46)44-17-6-8-20-47(44)57-48-21-9-7-18-45(48)52)51-55-33(3)54-50(56-51)36-24-22-35(23-25-36)39-15-10-13-34-12-4-5-14-38(34)39/h4-30H,1-3H3. The number of aryl methyl sites for hydroxylation is 3. The van der Waals surface area contributed by atoms with Gasteiger partial charge in [-0.2, -0.15) is 0 Å². The first-order valence-corrected chi connectivity index (χ1v) is 19.4. The number of rotatable bonds is 4. The highest BCUT2D eigenvalue weighted by Gasteiger charge is 2.51. The molecule has 7 aromatic carbocycles. The van der Waals surface area contributed by atoms with Gasteiger partial charge >= 0.3 is 0 Å². The zero-order chi connectivity index (χ0) is 38.3. The Hall–Kier alpha value is -7.24. The number of nitrogens with zero attached hydrogens (tertiary/aromatic N) is 4. The minimum absolute atomic E-state index is 0.609. The molecule has 0 bridgehead atoms. The summed E-state index contributed by atoms with van der Waals surface area (Å²) in [5, 5.41) is 2.46. The molecule has 2 aliphatic rings. The van der Waals surface area contributed by atoms with E-state index in [0.29, 0.717) is 17.5 Å². The van der Waals surface area contributed by atoms with Gasteiger partial charge in [-0.1, -0.05) is 133 Å². The summed E-state index contributed by atoms with van der Waals surface area (Å²) in [5.74, 6) is 3.68. The number of para-hydroxylation sites is 2. The van der Waals surface area contributed by atoms with Gasteiger partial charge in [-0.25, -0.2) is 15.0 Å². The van der Waals surface area contributed by atoms with E-state index in [-0.39, 0.29) is 0 Å². The topological polar surface area (TPSA) is 60.8 Å². The molecule has 0 N–H and O–H groups in total. The molecule has 0 saturated carbocycles. The van der Waals surface area contributed by atoms with Gasteiger partial charge in [0.25, 0.3) is 0 Å². The lowest BCUT2D eigenvalue weighted by Gasteiger charge is -2.39. The first-order chi connectivity index (χ1) is 28.0. The molecular formula is C52H36N4O. The average molecular weight is 733 g/mol. The van der Waals surface area contributed by atoms with Crippen molar-refractivity contribution in [1.82, 2.24) is 19.9 Å². The molecule has 0 amide bonds. The number of ether oxygens (including phenoxy) is 1. The highest BCUT2D eigenvalue weighted by molar-refractivity contribution is 5.99. The molecule has 270 valence electrons. The Morgan fingerprint density at radius 1 is 0.456 bits per heavy atom. The van der Waals surface area contributed by atoms with E-state index >= 15 is 0 Å². The minimum atomic E-state index is -0.609. The lowest BCUT2D eigenvalue weighted by Crippen LogP contribution is -2.32. The molecule has 0 atom stereocenters. The van der Waals surface area contributed by atoms with Crippen LogP contribution in [-0.2, 0) is 5.41 Å². The van der Waals surface area contributed by atoms with Crippen LogP contribution in [0.2, 0.25) is 0 Å². The summed E-state index contributed by atoms with van der Waals surface area (Å²) >= 11 is 0. The van der Waals surface area contributed by atoms with Gasteiger partial charge in [0.15, 0.2) is 11.6 Å². The van der Waals surface area contributed by atoms with Gasteiger partial charge in [0.1, 0.15) is 17.3 Å². The maximum atomic E-state index is 6.62. The fourth-order valence-electron chi connectivity index (χ4n) is 9.24. The maximum Gasteiger partial charge on any atom is 0.163 e. The molecule has 0 saturated heterocycles.